The van der Waals surface area contributed by atoms with E-state index in [4.69, 9.17) is 11.6 Å². The van der Waals surface area contributed by atoms with E-state index in [-0.39, 0.29) is 12.1 Å². The molecule has 0 radical (unpaired) electrons. The van der Waals surface area contributed by atoms with E-state index in [9.17, 15) is 4.79 Å². The number of carbonyl (C=O) groups excluding carboxylic acids is 1. The minimum absolute atomic E-state index is 0.0959. The topological polar surface area (TPSA) is 75.9 Å². The maximum absolute atomic E-state index is 12.1. The number of rotatable bonds is 3. The van der Waals surface area contributed by atoms with Gasteiger partial charge in [-0.3, -0.25) is 14.6 Å². The van der Waals surface area contributed by atoms with Crippen LogP contribution in [0.3, 0.4) is 0 Å². The van der Waals surface area contributed by atoms with Gasteiger partial charge in [0.1, 0.15) is 0 Å². The van der Waals surface area contributed by atoms with Crippen molar-refractivity contribution in [1.29, 1.82) is 0 Å². The number of hydrogen-bond donors (Lipinski definition) is 1. The van der Waals surface area contributed by atoms with Crippen molar-refractivity contribution >= 4 is 17.6 Å². The monoisotopic (exact) mass is 306 g/mol. The van der Waals surface area contributed by atoms with Crippen LogP contribution in [-0.4, -0.2) is 43.8 Å². The second kappa shape index (κ2) is 6.09. The molecular weight excluding hydrogens is 292 g/mol. The molecule has 0 saturated carbocycles. The van der Waals surface area contributed by atoms with E-state index in [0.29, 0.717) is 24.7 Å². The third kappa shape index (κ3) is 3.30. The third-order valence-electron chi connectivity index (χ3n) is 3.43. The SMILES string of the molecule is O=C(NCc1cnccn1)N1CCC(n2cc(Cl)cn2)C1. The van der Waals surface area contributed by atoms with Crippen LogP contribution in [0.5, 0.6) is 0 Å². The van der Waals surface area contributed by atoms with Crippen molar-refractivity contribution in [2.24, 2.45) is 0 Å². The van der Waals surface area contributed by atoms with Gasteiger partial charge >= 0.3 is 6.03 Å². The fourth-order valence-corrected chi connectivity index (χ4v) is 2.50. The Morgan fingerprint density at radius 1 is 1.43 bits per heavy atom. The molecule has 1 atom stereocenters. The van der Waals surface area contributed by atoms with E-state index in [2.05, 4.69) is 20.4 Å². The van der Waals surface area contributed by atoms with E-state index in [0.717, 1.165) is 12.1 Å². The first kappa shape index (κ1) is 13.8. The van der Waals surface area contributed by atoms with E-state index in [1.165, 1.54) is 0 Å². The molecule has 1 aliphatic rings. The van der Waals surface area contributed by atoms with Gasteiger partial charge in [-0.05, 0) is 6.42 Å². The van der Waals surface area contributed by atoms with Gasteiger partial charge in [0, 0.05) is 31.7 Å². The van der Waals surface area contributed by atoms with Gasteiger partial charge in [0.25, 0.3) is 0 Å². The Labute approximate surface area is 126 Å². The highest BCUT2D eigenvalue weighted by molar-refractivity contribution is 6.30. The van der Waals surface area contributed by atoms with Gasteiger partial charge in [-0.1, -0.05) is 11.6 Å². The number of carbonyl (C=O) groups is 1. The Bertz CT molecular complexity index is 616. The maximum Gasteiger partial charge on any atom is 0.317 e. The summed E-state index contributed by atoms with van der Waals surface area (Å²) in [6.45, 7) is 1.71. The van der Waals surface area contributed by atoms with Gasteiger partial charge in [-0.15, -0.1) is 0 Å². The number of amides is 2. The van der Waals surface area contributed by atoms with Gasteiger partial charge in [0.15, 0.2) is 0 Å². The van der Waals surface area contributed by atoms with Crippen LogP contribution < -0.4 is 5.32 Å². The molecule has 0 aromatic carbocycles. The van der Waals surface area contributed by atoms with Crippen LogP contribution in [0, 0.1) is 0 Å². The highest BCUT2D eigenvalue weighted by atomic mass is 35.5. The molecule has 3 rings (SSSR count). The zero-order valence-electron chi connectivity index (χ0n) is 11.3. The summed E-state index contributed by atoms with van der Waals surface area (Å²) in [4.78, 5) is 22.0. The van der Waals surface area contributed by atoms with Gasteiger partial charge in [0.05, 0.1) is 35.7 Å². The van der Waals surface area contributed by atoms with Gasteiger partial charge in [-0.25, -0.2) is 4.79 Å². The Morgan fingerprint density at radius 2 is 2.33 bits per heavy atom. The number of nitrogens with zero attached hydrogens (tertiary/aromatic N) is 5. The van der Waals surface area contributed by atoms with Gasteiger partial charge in [-0.2, -0.15) is 5.10 Å². The molecule has 21 heavy (non-hydrogen) atoms. The second-order valence-electron chi connectivity index (χ2n) is 4.88. The van der Waals surface area contributed by atoms with Crippen LogP contribution in [0.1, 0.15) is 18.2 Å². The molecule has 7 nitrogen and oxygen atoms in total. The molecule has 2 aromatic rings. The molecule has 1 N–H and O–H groups in total. The first-order chi connectivity index (χ1) is 10.2. The molecule has 0 aliphatic carbocycles. The maximum atomic E-state index is 12.1. The van der Waals surface area contributed by atoms with Crippen LogP contribution in [0.15, 0.2) is 31.0 Å². The number of aromatic nitrogens is 4. The zero-order chi connectivity index (χ0) is 14.7. The minimum Gasteiger partial charge on any atom is -0.332 e. The molecule has 1 aliphatic heterocycles. The fourth-order valence-electron chi connectivity index (χ4n) is 2.36. The average Bonchev–Trinajstić information content (AvgIpc) is 3.14. The summed E-state index contributed by atoms with van der Waals surface area (Å²) in [5.41, 5.74) is 0.737. The summed E-state index contributed by atoms with van der Waals surface area (Å²) in [6, 6.07) is 0.0844. The van der Waals surface area contributed by atoms with Crippen LogP contribution in [0.25, 0.3) is 0 Å². The summed E-state index contributed by atoms with van der Waals surface area (Å²) >= 11 is 5.87. The summed E-state index contributed by atoms with van der Waals surface area (Å²) in [5.74, 6) is 0. The van der Waals surface area contributed by atoms with Crippen LogP contribution in [-0.2, 0) is 6.54 Å². The molecule has 0 spiro atoms. The summed E-state index contributed by atoms with van der Waals surface area (Å²) in [6.07, 6.45) is 9.11. The quantitative estimate of drug-likeness (QED) is 0.932. The molecule has 8 heteroatoms. The fraction of sp³-hybridized carbons (Fsp3) is 0.385. The predicted molar refractivity (Wildman–Crippen MR) is 76.7 cm³/mol. The second-order valence-corrected chi connectivity index (χ2v) is 5.32. The highest BCUT2D eigenvalue weighted by Gasteiger charge is 2.27. The smallest absolute Gasteiger partial charge is 0.317 e. The number of halogens is 1. The number of hydrogen-bond acceptors (Lipinski definition) is 4. The number of likely N-dealkylation sites (tertiary alicyclic amines) is 1. The van der Waals surface area contributed by atoms with Crippen molar-refractivity contribution < 1.29 is 4.79 Å². The molecule has 3 heterocycles. The Balaban J connectivity index is 1.52. The van der Waals surface area contributed by atoms with Crippen molar-refractivity contribution in [3.8, 4) is 0 Å². The van der Waals surface area contributed by atoms with Crippen molar-refractivity contribution in [3.05, 3.63) is 41.7 Å². The molecule has 1 saturated heterocycles. The van der Waals surface area contributed by atoms with Crippen LogP contribution in [0.4, 0.5) is 4.79 Å². The van der Waals surface area contributed by atoms with E-state index in [1.807, 2.05) is 4.68 Å². The third-order valence-corrected chi connectivity index (χ3v) is 3.63. The predicted octanol–water partition coefficient (Wildman–Crippen LogP) is 1.48. The lowest BCUT2D eigenvalue weighted by Gasteiger charge is -2.17. The minimum atomic E-state index is -0.0959. The lowest BCUT2D eigenvalue weighted by molar-refractivity contribution is 0.206. The van der Waals surface area contributed by atoms with Gasteiger partial charge in [0.2, 0.25) is 0 Å². The standard InChI is InChI=1S/C13H15ClN6O/c14-10-5-18-20(8-10)12-1-4-19(9-12)13(21)17-7-11-6-15-2-3-16-11/h2-3,5-6,8,12H,1,4,7,9H2,(H,17,21). The summed E-state index contributed by atoms with van der Waals surface area (Å²) < 4.78 is 1.82. The summed E-state index contributed by atoms with van der Waals surface area (Å²) in [5, 5.41) is 7.65. The van der Waals surface area contributed by atoms with Crippen LogP contribution >= 0.6 is 11.6 Å². The van der Waals surface area contributed by atoms with E-state index >= 15 is 0 Å². The average molecular weight is 307 g/mol. The number of urea groups is 1. The Kier molecular flexibility index (Phi) is 4.01. The normalized spacial score (nSPS) is 18.0. The largest absolute Gasteiger partial charge is 0.332 e. The highest BCUT2D eigenvalue weighted by Crippen LogP contribution is 2.22. The van der Waals surface area contributed by atoms with Crippen LogP contribution in [0.2, 0.25) is 5.02 Å². The molecule has 2 amide bonds. The number of nitrogens with one attached hydrogen (secondary N) is 1. The van der Waals surface area contributed by atoms with Crippen molar-refractivity contribution in [3.63, 3.8) is 0 Å². The lowest BCUT2D eigenvalue weighted by Crippen LogP contribution is -2.38. The molecule has 1 unspecified atom stereocenters. The first-order valence-electron chi connectivity index (χ1n) is 6.69. The van der Waals surface area contributed by atoms with E-state index in [1.54, 1.807) is 35.9 Å². The van der Waals surface area contributed by atoms with Crippen molar-refractivity contribution in [1.82, 2.24) is 30.0 Å². The molecule has 0 bridgehead atoms. The molecule has 1 fully saturated rings. The van der Waals surface area contributed by atoms with Gasteiger partial charge < -0.3 is 10.2 Å². The first-order valence-corrected chi connectivity index (χ1v) is 7.07. The zero-order valence-corrected chi connectivity index (χ0v) is 12.1. The summed E-state index contributed by atoms with van der Waals surface area (Å²) in [7, 11) is 0. The molecule has 110 valence electrons. The van der Waals surface area contributed by atoms with Crippen molar-refractivity contribution in [2.45, 2.75) is 19.0 Å². The lowest BCUT2D eigenvalue weighted by atomic mass is 10.3. The molecule has 2 aromatic heterocycles. The molecular formula is C13H15ClN6O. The Hall–Kier alpha value is -2.15. The van der Waals surface area contributed by atoms with E-state index < -0.39 is 0 Å². The van der Waals surface area contributed by atoms with Crippen molar-refractivity contribution in [2.75, 3.05) is 13.1 Å². The Morgan fingerprint density at radius 3 is 3.05 bits per heavy atom.